The zero-order valence-corrected chi connectivity index (χ0v) is 9.12. The van der Waals surface area contributed by atoms with Gasteiger partial charge in [0.05, 0.1) is 11.7 Å². The van der Waals surface area contributed by atoms with Crippen LogP contribution in [0.5, 0.6) is 0 Å². The van der Waals surface area contributed by atoms with Gasteiger partial charge in [0, 0.05) is 0 Å². The Hall–Kier alpha value is -1.33. The van der Waals surface area contributed by atoms with Crippen LogP contribution in [0.15, 0.2) is 24.3 Å². The summed E-state index contributed by atoms with van der Waals surface area (Å²) in [5, 5.41) is 19.6. The molecule has 0 amide bonds. The Bertz CT molecular complexity index is 425. The first kappa shape index (κ1) is 10.2. The molecule has 1 aromatic rings. The standard InChI is InChI=1S/C13H15NO/c1-12(2,15)13(9-14)8-7-10-5-3-4-6-11(10)13/h3-6,15H,7-8H2,1-2H3. The zero-order valence-electron chi connectivity index (χ0n) is 9.12. The largest absolute Gasteiger partial charge is 0.388 e. The van der Waals surface area contributed by atoms with E-state index in [0.29, 0.717) is 6.42 Å². The topological polar surface area (TPSA) is 44.0 Å². The lowest BCUT2D eigenvalue weighted by atomic mass is 9.71. The van der Waals surface area contributed by atoms with Crippen LogP contribution in [0.1, 0.15) is 31.4 Å². The molecule has 0 saturated carbocycles. The summed E-state index contributed by atoms with van der Waals surface area (Å²) >= 11 is 0. The fourth-order valence-electron chi connectivity index (χ4n) is 2.50. The molecule has 1 unspecified atom stereocenters. The molecule has 15 heavy (non-hydrogen) atoms. The number of aryl methyl sites for hydroxylation is 1. The quantitative estimate of drug-likeness (QED) is 0.756. The molecule has 0 bridgehead atoms. The molecule has 2 rings (SSSR count). The van der Waals surface area contributed by atoms with Crippen LogP contribution in [0.4, 0.5) is 0 Å². The van der Waals surface area contributed by atoms with E-state index in [-0.39, 0.29) is 0 Å². The third kappa shape index (κ3) is 1.27. The van der Waals surface area contributed by atoms with Crippen molar-refractivity contribution in [2.75, 3.05) is 0 Å². The first-order chi connectivity index (χ1) is 7.01. The number of rotatable bonds is 1. The Morgan fingerprint density at radius 2 is 2.07 bits per heavy atom. The van der Waals surface area contributed by atoms with Gasteiger partial charge in [0.25, 0.3) is 0 Å². The van der Waals surface area contributed by atoms with Crippen molar-refractivity contribution in [3.8, 4) is 6.07 Å². The van der Waals surface area contributed by atoms with Gasteiger partial charge < -0.3 is 5.11 Å². The Labute approximate surface area is 90.2 Å². The highest BCUT2D eigenvalue weighted by molar-refractivity contribution is 5.46. The maximum atomic E-state index is 10.2. The van der Waals surface area contributed by atoms with Crippen LogP contribution in [0.2, 0.25) is 0 Å². The lowest BCUT2D eigenvalue weighted by molar-refractivity contribution is 0.0193. The summed E-state index contributed by atoms with van der Waals surface area (Å²) in [6, 6.07) is 10.2. The molecule has 0 saturated heterocycles. The molecule has 1 aliphatic rings. The van der Waals surface area contributed by atoms with Gasteiger partial charge in [-0.2, -0.15) is 5.26 Å². The average molecular weight is 201 g/mol. The average Bonchev–Trinajstić information content (AvgIpc) is 2.56. The van der Waals surface area contributed by atoms with E-state index < -0.39 is 11.0 Å². The minimum absolute atomic E-state index is 0.715. The van der Waals surface area contributed by atoms with E-state index in [2.05, 4.69) is 6.07 Å². The first-order valence-corrected chi connectivity index (χ1v) is 5.23. The van der Waals surface area contributed by atoms with Crippen molar-refractivity contribution < 1.29 is 5.11 Å². The maximum Gasteiger partial charge on any atom is 0.111 e. The van der Waals surface area contributed by atoms with Crippen LogP contribution in [0, 0.1) is 11.3 Å². The molecule has 1 aromatic carbocycles. The fraction of sp³-hybridized carbons (Fsp3) is 0.462. The van der Waals surface area contributed by atoms with Gasteiger partial charge in [0.1, 0.15) is 5.41 Å². The summed E-state index contributed by atoms with van der Waals surface area (Å²) in [7, 11) is 0. The molecule has 2 heteroatoms. The van der Waals surface area contributed by atoms with Crippen LogP contribution in [0.25, 0.3) is 0 Å². The highest BCUT2D eigenvalue weighted by Gasteiger charge is 2.49. The maximum absolute atomic E-state index is 10.2. The monoisotopic (exact) mass is 201 g/mol. The Kier molecular flexibility index (Phi) is 2.09. The smallest absolute Gasteiger partial charge is 0.111 e. The van der Waals surface area contributed by atoms with Crippen molar-refractivity contribution in [2.45, 2.75) is 37.7 Å². The lowest BCUT2D eigenvalue weighted by Gasteiger charge is -2.35. The summed E-state index contributed by atoms with van der Waals surface area (Å²) in [6.07, 6.45) is 1.60. The molecule has 1 aliphatic carbocycles. The van der Waals surface area contributed by atoms with Crippen molar-refractivity contribution in [3.05, 3.63) is 35.4 Å². The summed E-state index contributed by atoms with van der Waals surface area (Å²) in [6.45, 7) is 3.44. The number of aliphatic hydroxyl groups is 1. The summed E-state index contributed by atoms with van der Waals surface area (Å²) in [5.41, 5.74) is 0.471. The SMILES string of the molecule is CC(C)(O)C1(C#N)CCc2ccccc21. The molecule has 2 nitrogen and oxygen atoms in total. The normalized spacial score (nSPS) is 24.7. The van der Waals surface area contributed by atoms with Crippen LogP contribution < -0.4 is 0 Å². The van der Waals surface area contributed by atoms with Crippen LogP contribution in [-0.4, -0.2) is 10.7 Å². The van der Waals surface area contributed by atoms with Crippen molar-refractivity contribution in [1.29, 1.82) is 5.26 Å². The molecular weight excluding hydrogens is 186 g/mol. The van der Waals surface area contributed by atoms with Crippen molar-refractivity contribution >= 4 is 0 Å². The van der Waals surface area contributed by atoms with Crippen LogP contribution >= 0.6 is 0 Å². The number of hydrogen-bond acceptors (Lipinski definition) is 2. The molecule has 0 aromatic heterocycles. The molecule has 0 aliphatic heterocycles. The first-order valence-electron chi connectivity index (χ1n) is 5.23. The van der Waals surface area contributed by atoms with E-state index in [1.54, 1.807) is 13.8 Å². The predicted octanol–water partition coefficient (Wildman–Crippen LogP) is 2.17. The van der Waals surface area contributed by atoms with Gasteiger partial charge >= 0.3 is 0 Å². The van der Waals surface area contributed by atoms with E-state index in [9.17, 15) is 10.4 Å². The van der Waals surface area contributed by atoms with E-state index in [1.165, 1.54) is 5.56 Å². The second-order valence-corrected chi connectivity index (χ2v) is 4.73. The summed E-state index contributed by atoms with van der Waals surface area (Å²) < 4.78 is 0. The Morgan fingerprint density at radius 3 is 2.67 bits per heavy atom. The van der Waals surface area contributed by atoms with Gasteiger partial charge in [-0.1, -0.05) is 24.3 Å². The molecule has 1 atom stereocenters. The number of nitriles is 1. The fourth-order valence-corrected chi connectivity index (χ4v) is 2.50. The minimum atomic E-state index is -0.992. The minimum Gasteiger partial charge on any atom is -0.388 e. The summed E-state index contributed by atoms with van der Waals surface area (Å²) in [4.78, 5) is 0. The van der Waals surface area contributed by atoms with E-state index >= 15 is 0 Å². The molecule has 0 radical (unpaired) electrons. The van der Waals surface area contributed by atoms with Gasteiger partial charge in [0.2, 0.25) is 0 Å². The highest BCUT2D eigenvalue weighted by atomic mass is 16.3. The third-order valence-electron chi connectivity index (χ3n) is 3.48. The molecule has 78 valence electrons. The molecule has 0 spiro atoms. The van der Waals surface area contributed by atoms with Crippen LogP contribution in [0.3, 0.4) is 0 Å². The Morgan fingerprint density at radius 1 is 1.40 bits per heavy atom. The predicted molar refractivity (Wildman–Crippen MR) is 58.4 cm³/mol. The third-order valence-corrected chi connectivity index (χ3v) is 3.48. The molecular formula is C13H15NO. The summed E-state index contributed by atoms with van der Waals surface area (Å²) in [5.74, 6) is 0. The van der Waals surface area contributed by atoms with Gasteiger partial charge in [-0.15, -0.1) is 0 Å². The van der Waals surface area contributed by atoms with Crippen molar-refractivity contribution in [3.63, 3.8) is 0 Å². The number of hydrogen-bond donors (Lipinski definition) is 1. The highest BCUT2D eigenvalue weighted by Crippen LogP contribution is 2.45. The van der Waals surface area contributed by atoms with Crippen molar-refractivity contribution in [2.24, 2.45) is 0 Å². The second kappa shape index (κ2) is 3.08. The lowest BCUT2D eigenvalue weighted by Crippen LogP contribution is -2.44. The van der Waals surface area contributed by atoms with E-state index in [0.717, 1.165) is 12.0 Å². The molecule has 1 N–H and O–H groups in total. The number of fused-ring (bicyclic) bond motifs is 1. The number of benzene rings is 1. The van der Waals surface area contributed by atoms with E-state index in [1.807, 2.05) is 24.3 Å². The van der Waals surface area contributed by atoms with Gasteiger partial charge in [-0.05, 0) is 37.8 Å². The molecule has 0 heterocycles. The molecule has 0 fully saturated rings. The number of nitrogens with zero attached hydrogens (tertiary/aromatic N) is 1. The van der Waals surface area contributed by atoms with Crippen LogP contribution in [-0.2, 0) is 11.8 Å². The van der Waals surface area contributed by atoms with Gasteiger partial charge in [0.15, 0.2) is 0 Å². The van der Waals surface area contributed by atoms with E-state index in [4.69, 9.17) is 0 Å². The van der Waals surface area contributed by atoms with Gasteiger partial charge in [-0.3, -0.25) is 0 Å². The van der Waals surface area contributed by atoms with Gasteiger partial charge in [-0.25, -0.2) is 0 Å². The second-order valence-electron chi connectivity index (χ2n) is 4.73. The van der Waals surface area contributed by atoms with Crippen molar-refractivity contribution in [1.82, 2.24) is 0 Å². The Balaban J connectivity index is 2.62. The zero-order chi connectivity index (χ0) is 11.1.